The van der Waals surface area contributed by atoms with Crippen molar-refractivity contribution in [1.82, 2.24) is 15.5 Å². The van der Waals surface area contributed by atoms with Crippen molar-refractivity contribution in [2.24, 2.45) is 0 Å². The predicted octanol–water partition coefficient (Wildman–Crippen LogP) is 4.12. The second-order valence-electron chi connectivity index (χ2n) is 7.24. The number of carbonyl (C=O) groups is 2. The lowest BCUT2D eigenvalue weighted by Gasteiger charge is -2.08. The molecular formula is C24H28N4O4. The lowest BCUT2D eigenvalue weighted by Crippen LogP contribution is -2.23. The Labute approximate surface area is 187 Å². The monoisotopic (exact) mass is 436 g/mol. The summed E-state index contributed by atoms with van der Waals surface area (Å²) in [6.07, 6.45) is 1.86. The lowest BCUT2D eigenvalue weighted by atomic mass is 10.2. The second-order valence-corrected chi connectivity index (χ2v) is 7.24. The highest BCUT2D eigenvalue weighted by Crippen LogP contribution is 2.20. The van der Waals surface area contributed by atoms with Crippen molar-refractivity contribution in [3.63, 3.8) is 0 Å². The molecule has 0 fully saturated rings. The van der Waals surface area contributed by atoms with Crippen LogP contribution in [-0.2, 0) is 22.6 Å². The zero-order valence-electron chi connectivity index (χ0n) is 18.4. The maximum atomic E-state index is 12.2. The molecule has 0 aliphatic carbocycles. The second kappa shape index (κ2) is 11.6. The number of nitrogens with zero attached hydrogens (tertiary/aromatic N) is 2. The van der Waals surface area contributed by atoms with Crippen LogP contribution >= 0.6 is 0 Å². The van der Waals surface area contributed by atoms with Gasteiger partial charge in [-0.3, -0.25) is 9.59 Å². The van der Waals surface area contributed by atoms with Gasteiger partial charge in [-0.05, 0) is 55.3 Å². The van der Waals surface area contributed by atoms with Crippen LogP contribution in [0.3, 0.4) is 0 Å². The van der Waals surface area contributed by atoms with Gasteiger partial charge in [0.1, 0.15) is 5.75 Å². The smallest absolute Gasteiger partial charge is 0.227 e. The van der Waals surface area contributed by atoms with Gasteiger partial charge in [0.25, 0.3) is 0 Å². The first-order chi connectivity index (χ1) is 15.6. The fourth-order valence-electron chi connectivity index (χ4n) is 3.06. The van der Waals surface area contributed by atoms with Crippen LogP contribution in [0.15, 0.2) is 53.1 Å². The Morgan fingerprint density at radius 3 is 2.59 bits per heavy atom. The van der Waals surface area contributed by atoms with E-state index in [2.05, 4.69) is 20.8 Å². The summed E-state index contributed by atoms with van der Waals surface area (Å²) >= 11 is 0. The zero-order chi connectivity index (χ0) is 22.8. The van der Waals surface area contributed by atoms with Crippen LogP contribution in [0.25, 0.3) is 11.4 Å². The number of benzene rings is 2. The number of ether oxygens (including phenoxy) is 1. The van der Waals surface area contributed by atoms with E-state index in [0.29, 0.717) is 37.7 Å². The van der Waals surface area contributed by atoms with Gasteiger partial charge < -0.3 is 19.9 Å². The largest absolute Gasteiger partial charge is 0.494 e. The average Bonchev–Trinajstić information content (AvgIpc) is 3.26. The molecule has 2 aromatic carbocycles. The Morgan fingerprint density at radius 2 is 1.84 bits per heavy atom. The van der Waals surface area contributed by atoms with E-state index in [-0.39, 0.29) is 18.2 Å². The normalized spacial score (nSPS) is 10.6. The number of anilines is 1. The molecule has 0 atom stereocenters. The van der Waals surface area contributed by atoms with Crippen LogP contribution in [0.4, 0.5) is 5.69 Å². The quantitative estimate of drug-likeness (QED) is 0.468. The molecule has 2 amide bonds. The van der Waals surface area contributed by atoms with Gasteiger partial charge in [-0.1, -0.05) is 24.2 Å². The van der Waals surface area contributed by atoms with E-state index in [9.17, 15) is 9.59 Å². The van der Waals surface area contributed by atoms with Gasteiger partial charge in [-0.2, -0.15) is 4.98 Å². The number of hydrogen-bond acceptors (Lipinski definition) is 6. The molecule has 1 aromatic heterocycles. The van der Waals surface area contributed by atoms with Crippen molar-refractivity contribution >= 4 is 17.5 Å². The standard InChI is InChI=1S/C24H28N4O4/c1-3-6-22(30)26-19-8-5-7-17(15-19)16-25-21(29)13-14-23-27-24(28-32-23)18-9-11-20(12-10-18)31-4-2/h5,7-12,15H,3-4,6,13-14,16H2,1-2H3,(H,25,29)(H,26,30). The van der Waals surface area contributed by atoms with Gasteiger partial charge in [0.05, 0.1) is 6.61 Å². The van der Waals surface area contributed by atoms with E-state index in [4.69, 9.17) is 9.26 Å². The molecule has 0 saturated carbocycles. The van der Waals surface area contributed by atoms with Crippen molar-refractivity contribution in [3.8, 4) is 17.1 Å². The summed E-state index contributed by atoms with van der Waals surface area (Å²) in [6, 6.07) is 14.9. The fraction of sp³-hybridized carbons (Fsp3) is 0.333. The van der Waals surface area contributed by atoms with Crippen LogP contribution in [0.5, 0.6) is 5.75 Å². The Morgan fingerprint density at radius 1 is 1.03 bits per heavy atom. The summed E-state index contributed by atoms with van der Waals surface area (Å²) in [7, 11) is 0. The zero-order valence-corrected chi connectivity index (χ0v) is 18.4. The maximum absolute atomic E-state index is 12.2. The lowest BCUT2D eigenvalue weighted by molar-refractivity contribution is -0.121. The maximum Gasteiger partial charge on any atom is 0.227 e. The van der Waals surface area contributed by atoms with Gasteiger partial charge in [0.15, 0.2) is 0 Å². The minimum Gasteiger partial charge on any atom is -0.494 e. The van der Waals surface area contributed by atoms with E-state index in [1.165, 1.54) is 0 Å². The van der Waals surface area contributed by atoms with E-state index in [1.54, 1.807) is 0 Å². The van der Waals surface area contributed by atoms with Crippen molar-refractivity contribution in [1.29, 1.82) is 0 Å². The molecule has 3 rings (SSSR count). The molecule has 0 unspecified atom stereocenters. The summed E-state index contributed by atoms with van der Waals surface area (Å²) in [6.45, 7) is 4.87. The predicted molar refractivity (Wildman–Crippen MR) is 121 cm³/mol. The summed E-state index contributed by atoms with van der Waals surface area (Å²) in [5.74, 6) is 1.53. The van der Waals surface area contributed by atoms with Crippen molar-refractivity contribution in [3.05, 3.63) is 60.0 Å². The highest BCUT2D eigenvalue weighted by molar-refractivity contribution is 5.90. The summed E-state index contributed by atoms with van der Waals surface area (Å²) < 4.78 is 10.7. The SMILES string of the molecule is CCCC(=O)Nc1cccc(CNC(=O)CCc2nc(-c3ccc(OCC)cc3)no2)c1. The van der Waals surface area contributed by atoms with Crippen molar-refractivity contribution < 1.29 is 18.8 Å². The molecule has 0 spiro atoms. The number of hydrogen-bond donors (Lipinski definition) is 2. The molecule has 0 saturated heterocycles. The van der Waals surface area contributed by atoms with Crippen LogP contribution in [0, 0.1) is 0 Å². The third-order valence-electron chi connectivity index (χ3n) is 4.64. The van der Waals surface area contributed by atoms with Gasteiger partial charge >= 0.3 is 0 Å². The Bertz CT molecular complexity index is 1030. The van der Waals surface area contributed by atoms with E-state index >= 15 is 0 Å². The van der Waals surface area contributed by atoms with Gasteiger partial charge in [0, 0.05) is 37.1 Å². The number of aryl methyl sites for hydroxylation is 1. The molecule has 0 aliphatic heterocycles. The summed E-state index contributed by atoms with van der Waals surface area (Å²) in [5, 5.41) is 9.72. The minimum atomic E-state index is -0.119. The Balaban J connectivity index is 1.46. The van der Waals surface area contributed by atoms with E-state index < -0.39 is 0 Å². The molecule has 32 heavy (non-hydrogen) atoms. The molecule has 0 bridgehead atoms. The number of nitrogens with one attached hydrogen (secondary N) is 2. The molecule has 8 heteroatoms. The van der Waals surface area contributed by atoms with E-state index in [0.717, 1.165) is 29.0 Å². The third-order valence-corrected chi connectivity index (χ3v) is 4.64. The van der Waals surface area contributed by atoms with Gasteiger partial charge in [-0.15, -0.1) is 0 Å². The molecule has 0 aliphatic rings. The third kappa shape index (κ3) is 6.94. The minimum absolute atomic E-state index is 0.0159. The first-order valence-electron chi connectivity index (χ1n) is 10.8. The van der Waals surface area contributed by atoms with Crippen LogP contribution in [-0.4, -0.2) is 28.6 Å². The fourth-order valence-corrected chi connectivity index (χ4v) is 3.06. The summed E-state index contributed by atoms with van der Waals surface area (Å²) in [4.78, 5) is 28.3. The van der Waals surface area contributed by atoms with Gasteiger partial charge in [0.2, 0.25) is 23.5 Å². The molecular weight excluding hydrogens is 408 g/mol. The van der Waals surface area contributed by atoms with Crippen molar-refractivity contribution in [2.45, 2.75) is 46.1 Å². The van der Waals surface area contributed by atoms with Crippen LogP contribution < -0.4 is 15.4 Å². The molecule has 0 radical (unpaired) electrons. The molecule has 3 aromatic rings. The average molecular weight is 437 g/mol. The highest BCUT2D eigenvalue weighted by Gasteiger charge is 2.11. The number of aromatic nitrogens is 2. The molecule has 168 valence electrons. The van der Waals surface area contributed by atoms with Crippen LogP contribution in [0.1, 0.15) is 44.6 Å². The number of carbonyl (C=O) groups excluding carboxylic acids is 2. The first kappa shape index (κ1) is 23.0. The van der Waals surface area contributed by atoms with Gasteiger partial charge in [-0.25, -0.2) is 0 Å². The molecule has 2 N–H and O–H groups in total. The highest BCUT2D eigenvalue weighted by atomic mass is 16.5. The Hall–Kier alpha value is -3.68. The summed E-state index contributed by atoms with van der Waals surface area (Å²) in [5.41, 5.74) is 2.45. The topological polar surface area (TPSA) is 106 Å². The molecule has 1 heterocycles. The number of amides is 2. The Kier molecular flexibility index (Phi) is 8.36. The van der Waals surface area contributed by atoms with Crippen LogP contribution in [0.2, 0.25) is 0 Å². The first-order valence-corrected chi connectivity index (χ1v) is 10.8. The molecule has 8 nitrogen and oxygen atoms in total. The van der Waals surface area contributed by atoms with E-state index in [1.807, 2.05) is 62.4 Å². The van der Waals surface area contributed by atoms with Crippen molar-refractivity contribution in [2.75, 3.05) is 11.9 Å². The number of rotatable bonds is 11.